The smallest absolute Gasteiger partial charge is 0.336 e. The molecular weight excluding hydrogens is 390 g/mol. The number of nitrogens with zero attached hydrogens (tertiary/aromatic N) is 1. The number of aryl methyl sites for hydroxylation is 1. The predicted molar refractivity (Wildman–Crippen MR) is 123 cm³/mol. The van der Waals surface area contributed by atoms with Crippen molar-refractivity contribution in [2.24, 2.45) is 0 Å². The molecule has 1 aliphatic heterocycles. The third kappa shape index (κ3) is 5.10. The van der Waals surface area contributed by atoms with Gasteiger partial charge in [-0.1, -0.05) is 77.4 Å². The lowest BCUT2D eigenvalue weighted by atomic mass is 9.78. The Morgan fingerprint density at radius 3 is 2.10 bits per heavy atom. The van der Waals surface area contributed by atoms with E-state index in [9.17, 15) is 9.90 Å². The number of ether oxygens (including phenoxy) is 1. The first-order chi connectivity index (χ1) is 14.4. The lowest BCUT2D eigenvalue weighted by Crippen LogP contribution is -2.38. The number of carbonyl (C=O) groups excluding carboxylic acids is 1. The van der Waals surface area contributed by atoms with Crippen molar-refractivity contribution in [1.82, 2.24) is 0 Å². The highest BCUT2D eigenvalue weighted by Crippen LogP contribution is 2.41. The lowest BCUT2D eigenvalue weighted by molar-refractivity contribution is -0.136. The Morgan fingerprint density at radius 1 is 1.06 bits per heavy atom. The Hall–Kier alpha value is -2.37. The summed E-state index contributed by atoms with van der Waals surface area (Å²) in [5.41, 5.74) is 3.53. The summed E-state index contributed by atoms with van der Waals surface area (Å²) in [5.74, 6) is 0.260. The second kappa shape index (κ2) is 8.64. The van der Waals surface area contributed by atoms with Crippen molar-refractivity contribution < 1.29 is 19.5 Å². The zero-order valence-corrected chi connectivity index (χ0v) is 19.7. The third-order valence-electron chi connectivity index (χ3n) is 5.57. The number of carbonyl (C=O) groups is 1. The minimum absolute atomic E-state index is 0.155. The zero-order valence-electron chi connectivity index (χ0n) is 19.7. The van der Waals surface area contributed by atoms with Crippen molar-refractivity contribution in [3.8, 4) is 5.75 Å². The molecule has 2 aromatic carbocycles. The molecule has 31 heavy (non-hydrogen) atoms. The topological polar surface area (TPSA) is 59.0 Å². The minimum atomic E-state index is -0.638. The van der Waals surface area contributed by atoms with Crippen LogP contribution in [0.3, 0.4) is 0 Å². The Kier molecular flexibility index (Phi) is 6.49. The van der Waals surface area contributed by atoms with Gasteiger partial charge >= 0.3 is 5.97 Å². The maximum atomic E-state index is 13.5. The first kappa shape index (κ1) is 23.3. The SMILES string of the molecule is Cc1cc(C(C)(C)C)c(OC(=O)[C@@H]2C[C@@H](CO)ON2c2ccccc2)c(C(C)(C)C)c1. The molecule has 5 nitrogen and oxygen atoms in total. The molecule has 0 unspecified atom stereocenters. The zero-order chi connectivity index (χ0) is 23.0. The van der Waals surface area contributed by atoms with Gasteiger partial charge in [0.05, 0.1) is 12.3 Å². The highest BCUT2D eigenvalue weighted by Gasteiger charge is 2.41. The standard InChI is InChI=1S/C26H35NO4/c1-17-13-20(25(2,3)4)23(21(14-17)26(5,6)7)30-24(29)22-15-19(16-28)31-27(22)18-11-9-8-10-12-18/h8-14,19,22,28H,15-16H2,1-7H3/t19-,22-/m0/s1. The average Bonchev–Trinajstić information content (AvgIpc) is 3.13. The fourth-order valence-electron chi connectivity index (χ4n) is 3.90. The highest BCUT2D eigenvalue weighted by molar-refractivity contribution is 5.83. The number of rotatable bonds is 4. The van der Waals surface area contributed by atoms with Crippen LogP contribution >= 0.6 is 0 Å². The van der Waals surface area contributed by atoms with E-state index in [1.54, 1.807) is 5.06 Å². The number of aliphatic hydroxyl groups is 1. The second-order valence-electron chi connectivity index (χ2n) is 10.4. The Labute approximate surface area is 185 Å². The summed E-state index contributed by atoms with van der Waals surface area (Å²) in [5, 5.41) is 11.2. The van der Waals surface area contributed by atoms with Crippen LogP contribution in [0.1, 0.15) is 64.7 Å². The summed E-state index contributed by atoms with van der Waals surface area (Å²) in [6.45, 7) is 14.7. The summed E-state index contributed by atoms with van der Waals surface area (Å²) in [7, 11) is 0. The molecule has 1 aliphatic rings. The van der Waals surface area contributed by atoms with Crippen molar-refractivity contribution in [2.45, 2.75) is 77.9 Å². The maximum Gasteiger partial charge on any atom is 0.336 e. The number of hydrogen-bond acceptors (Lipinski definition) is 5. The number of para-hydroxylation sites is 1. The van der Waals surface area contributed by atoms with E-state index >= 15 is 0 Å². The Balaban J connectivity index is 2.02. The molecule has 0 amide bonds. The molecule has 3 rings (SSSR count). The molecular formula is C26H35NO4. The Morgan fingerprint density at radius 2 is 1.61 bits per heavy atom. The monoisotopic (exact) mass is 425 g/mol. The van der Waals surface area contributed by atoms with Crippen LogP contribution in [0.25, 0.3) is 0 Å². The molecule has 1 fully saturated rings. The molecule has 168 valence electrons. The van der Waals surface area contributed by atoms with Crippen molar-refractivity contribution in [1.29, 1.82) is 0 Å². The molecule has 1 N–H and O–H groups in total. The molecule has 1 heterocycles. The molecule has 0 aromatic heterocycles. The van der Waals surface area contributed by atoms with E-state index in [-0.39, 0.29) is 23.4 Å². The van der Waals surface area contributed by atoms with Crippen LogP contribution in [-0.2, 0) is 20.5 Å². The van der Waals surface area contributed by atoms with Gasteiger partial charge in [-0.05, 0) is 29.9 Å². The van der Waals surface area contributed by atoms with Crippen LogP contribution in [0.4, 0.5) is 5.69 Å². The van der Waals surface area contributed by atoms with Gasteiger partial charge in [0, 0.05) is 17.5 Å². The van der Waals surface area contributed by atoms with Gasteiger partial charge in [-0.15, -0.1) is 0 Å². The molecule has 0 radical (unpaired) electrons. The number of hydroxylamine groups is 1. The summed E-state index contributed by atoms with van der Waals surface area (Å²) < 4.78 is 6.17. The van der Waals surface area contributed by atoms with Crippen LogP contribution in [0.2, 0.25) is 0 Å². The maximum absolute atomic E-state index is 13.5. The van der Waals surface area contributed by atoms with E-state index in [1.165, 1.54) is 0 Å². The fourth-order valence-corrected chi connectivity index (χ4v) is 3.90. The van der Waals surface area contributed by atoms with E-state index in [0.29, 0.717) is 12.2 Å². The molecule has 1 saturated heterocycles. The van der Waals surface area contributed by atoms with E-state index in [0.717, 1.165) is 22.4 Å². The first-order valence-corrected chi connectivity index (χ1v) is 10.9. The van der Waals surface area contributed by atoms with Crippen LogP contribution in [-0.4, -0.2) is 29.8 Å². The van der Waals surface area contributed by atoms with Crippen LogP contribution in [0, 0.1) is 6.92 Å². The normalized spacial score (nSPS) is 19.5. The number of anilines is 1. The van der Waals surface area contributed by atoms with Gasteiger partial charge < -0.3 is 9.84 Å². The third-order valence-corrected chi connectivity index (χ3v) is 5.57. The molecule has 5 heteroatoms. The second-order valence-corrected chi connectivity index (χ2v) is 10.4. The largest absolute Gasteiger partial charge is 0.424 e. The van der Waals surface area contributed by atoms with E-state index in [4.69, 9.17) is 9.57 Å². The minimum Gasteiger partial charge on any atom is -0.424 e. The molecule has 0 bridgehead atoms. The molecule has 2 aromatic rings. The summed E-state index contributed by atoms with van der Waals surface area (Å²) in [4.78, 5) is 19.3. The van der Waals surface area contributed by atoms with Crippen molar-refractivity contribution in [2.75, 3.05) is 11.7 Å². The average molecular weight is 426 g/mol. The number of hydrogen-bond donors (Lipinski definition) is 1. The van der Waals surface area contributed by atoms with E-state index in [1.807, 2.05) is 30.3 Å². The van der Waals surface area contributed by atoms with E-state index in [2.05, 4.69) is 60.6 Å². The number of benzene rings is 2. The van der Waals surface area contributed by atoms with Crippen LogP contribution in [0.15, 0.2) is 42.5 Å². The summed E-state index contributed by atoms with van der Waals surface area (Å²) >= 11 is 0. The summed E-state index contributed by atoms with van der Waals surface area (Å²) in [6, 6.07) is 13.0. The Bertz CT molecular complexity index is 890. The molecule has 0 saturated carbocycles. The summed E-state index contributed by atoms with van der Waals surface area (Å²) in [6.07, 6.45) is -0.0776. The van der Waals surface area contributed by atoms with Crippen molar-refractivity contribution in [3.63, 3.8) is 0 Å². The fraction of sp³-hybridized carbons (Fsp3) is 0.500. The van der Waals surface area contributed by atoms with Crippen molar-refractivity contribution in [3.05, 3.63) is 59.2 Å². The molecule has 0 aliphatic carbocycles. The van der Waals surface area contributed by atoms with Crippen molar-refractivity contribution >= 4 is 11.7 Å². The van der Waals surface area contributed by atoms with Crippen LogP contribution < -0.4 is 9.80 Å². The lowest BCUT2D eigenvalue weighted by Gasteiger charge is -2.31. The van der Waals surface area contributed by atoms with Gasteiger partial charge in [0.25, 0.3) is 0 Å². The van der Waals surface area contributed by atoms with Gasteiger partial charge in [0.2, 0.25) is 0 Å². The molecule has 2 atom stereocenters. The van der Waals surface area contributed by atoms with Crippen LogP contribution in [0.5, 0.6) is 5.75 Å². The van der Waals surface area contributed by atoms with Gasteiger partial charge in [-0.3, -0.25) is 4.84 Å². The van der Waals surface area contributed by atoms with Gasteiger partial charge in [0.15, 0.2) is 6.04 Å². The highest BCUT2D eigenvalue weighted by atomic mass is 16.7. The molecule has 0 spiro atoms. The number of esters is 1. The predicted octanol–water partition coefficient (Wildman–Crippen LogP) is 5.07. The number of aliphatic hydroxyl groups excluding tert-OH is 1. The van der Waals surface area contributed by atoms with Gasteiger partial charge in [-0.25, -0.2) is 9.86 Å². The van der Waals surface area contributed by atoms with Gasteiger partial charge in [-0.2, -0.15) is 0 Å². The van der Waals surface area contributed by atoms with Gasteiger partial charge in [0.1, 0.15) is 11.9 Å². The quantitative estimate of drug-likeness (QED) is 0.548. The first-order valence-electron chi connectivity index (χ1n) is 10.9. The van der Waals surface area contributed by atoms with E-state index < -0.39 is 12.1 Å².